The smallest absolute Gasteiger partial charge is 0.223 e. The molecule has 1 N–H and O–H groups in total. The third-order valence-electron chi connectivity index (χ3n) is 2.24. The van der Waals surface area contributed by atoms with Gasteiger partial charge in [0, 0.05) is 12.5 Å². The van der Waals surface area contributed by atoms with Crippen LogP contribution in [0.3, 0.4) is 0 Å². The van der Waals surface area contributed by atoms with Crippen molar-refractivity contribution in [1.29, 1.82) is 0 Å². The quantitative estimate of drug-likeness (QED) is 0.509. The largest absolute Gasteiger partial charge is 0.352 e. The van der Waals surface area contributed by atoms with Gasteiger partial charge in [-0.15, -0.1) is 0 Å². The molecule has 2 heteroatoms. The van der Waals surface area contributed by atoms with Gasteiger partial charge in [0.05, 0.1) is 0 Å². The lowest BCUT2D eigenvalue weighted by molar-refractivity contribution is -0.122. The number of amides is 1. The van der Waals surface area contributed by atoms with Crippen molar-refractivity contribution < 1.29 is 4.79 Å². The molecule has 0 aromatic heterocycles. The number of carbonyl (C=O) groups is 1. The van der Waals surface area contributed by atoms with Gasteiger partial charge in [-0.25, -0.2) is 0 Å². The minimum atomic E-state index is 0.225. The highest BCUT2D eigenvalue weighted by molar-refractivity contribution is 5.80. The monoisotopic (exact) mass is 193 g/mol. The molecule has 14 heavy (non-hydrogen) atoms. The number of nitrogens with one attached hydrogen (secondary N) is 1. The summed E-state index contributed by atoms with van der Waals surface area (Å²) in [7, 11) is 0. The maximum absolute atomic E-state index is 11.2. The van der Waals surface area contributed by atoms with Gasteiger partial charge in [0.25, 0.3) is 0 Å². The highest BCUT2D eigenvalue weighted by Gasteiger charge is 2.28. The van der Waals surface area contributed by atoms with Crippen molar-refractivity contribution in [3.05, 3.63) is 24.3 Å². The Morgan fingerprint density at radius 1 is 1.29 bits per heavy atom. The first-order chi connectivity index (χ1) is 6.84. The molecule has 0 radical (unpaired) electrons. The van der Waals surface area contributed by atoms with Crippen LogP contribution in [0.2, 0.25) is 0 Å². The molecule has 0 atom stereocenters. The van der Waals surface area contributed by atoms with Crippen LogP contribution < -0.4 is 5.32 Å². The summed E-state index contributed by atoms with van der Waals surface area (Å²) in [6.45, 7) is 2.71. The van der Waals surface area contributed by atoms with E-state index in [0.717, 1.165) is 25.7 Å². The van der Waals surface area contributed by atoms with E-state index in [-0.39, 0.29) is 5.91 Å². The molecule has 2 nitrogen and oxygen atoms in total. The zero-order chi connectivity index (χ0) is 10.2. The number of hydrogen-bond acceptors (Lipinski definition) is 1. The van der Waals surface area contributed by atoms with Gasteiger partial charge in [0.2, 0.25) is 5.91 Å². The molecule has 0 bridgehead atoms. The molecule has 0 spiro atoms. The molecule has 1 saturated carbocycles. The molecule has 1 amide bonds. The molecule has 1 aliphatic rings. The summed E-state index contributed by atoms with van der Waals surface area (Å²) in [6, 6.07) is 0. The Kier molecular flexibility index (Phi) is 5.05. The Morgan fingerprint density at radius 3 is 2.64 bits per heavy atom. The molecule has 0 heterocycles. The Hall–Kier alpha value is -1.05. The normalized spacial score (nSPS) is 16.6. The van der Waals surface area contributed by atoms with E-state index in [1.807, 2.05) is 13.0 Å². The van der Waals surface area contributed by atoms with Crippen molar-refractivity contribution in [2.75, 3.05) is 6.54 Å². The average molecular weight is 193 g/mol. The van der Waals surface area contributed by atoms with Crippen LogP contribution in [0.25, 0.3) is 0 Å². The second kappa shape index (κ2) is 6.41. The van der Waals surface area contributed by atoms with E-state index in [9.17, 15) is 4.79 Å². The maximum atomic E-state index is 11.2. The second-order valence-electron chi connectivity index (χ2n) is 3.64. The van der Waals surface area contributed by atoms with Crippen molar-refractivity contribution in [2.24, 2.45) is 5.92 Å². The van der Waals surface area contributed by atoms with Crippen LogP contribution in [0.15, 0.2) is 24.3 Å². The van der Waals surface area contributed by atoms with Crippen LogP contribution in [-0.2, 0) is 4.79 Å². The van der Waals surface area contributed by atoms with Gasteiger partial charge >= 0.3 is 0 Å². The van der Waals surface area contributed by atoms with Crippen LogP contribution in [0.4, 0.5) is 0 Å². The van der Waals surface area contributed by atoms with E-state index in [4.69, 9.17) is 0 Å². The molecular formula is C12H19NO. The highest BCUT2D eigenvalue weighted by atomic mass is 16.2. The number of rotatable bonds is 6. The van der Waals surface area contributed by atoms with E-state index < -0.39 is 0 Å². The summed E-state index contributed by atoms with van der Waals surface area (Å²) in [5.74, 6) is 0.550. The molecule has 0 aromatic carbocycles. The van der Waals surface area contributed by atoms with Gasteiger partial charge in [-0.05, 0) is 32.6 Å². The molecular weight excluding hydrogens is 174 g/mol. The molecule has 0 aromatic rings. The lowest BCUT2D eigenvalue weighted by atomic mass is 10.2. The van der Waals surface area contributed by atoms with E-state index in [0.29, 0.717) is 12.5 Å². The van der Waals surface area contributed by atoms with Gasteiger partial charge in [0.1, 0.15) is 0 Å². The zero-order valence-electron chi connectivity index (χ0n) is 8.83. The molecule has 0 saturated heterocycles. The lowest BCUT2D eigenvalue weighted by Gasteiger charge is -1.98. The molecule has 78 valence electrons. The van der Waals surface area contributed by atoms with Crippen molar-refractivity contribution in [2.45, 2.75) is 32.6 Å². The van der Waals surface area contributed by atoms with E-state index in [2.05, 4.69) is 23.5 Å². The lowest BCUT2D eigenvalue weighted by Crippen LogP contribution is -2.24. The van der Waals surface area contributed by atoms with Crippen LogP contribution in [-0.4, -0.2) is 12.5 Å². The van der Waals surface area contributed by atoms with Crippen molar-refractivity contribution in [3.8, 4) is 0 Å². The standard InChI is InChI=1S/C12H19NO/c1-2-3-4-5-6-7-10-13-12(14)11-8-9-11/h2-3,6-7,11H,4-5,8-10H2,1H3,(H,13,14)/b3-2-,7-6+. The predicted octanol–water partition coefficient (Wildman–Crippen LogP) is 2.43. The summed E-state index contributed by atoms with van der Waals surface area (Å²) in [6.07, 6.45) is 12.7. The Bertz CT molecular complexity index is 226. The van der Waals surface area contributed by atoms with Gasteiger partial charge < -0.3 is 5.32 Å². The Labute approximate surface area is 86.1 Å². The third-order valence-corrected chi connectivity index (χ3v) is 2.24. The fourth-order valence-electron chi connectivity index (χ4n) is 1.21. The summed E-state index contributed by atoms with van der Waals surface area (Å²) in [5, 5.41) is 2.89. The minimum Gasteiger partial charge on any atom is -0.352 e. The summed E-state index contributed by atoms with van der Waals surface area (Å²) in [5.41, 5.74) is 0. The van der Waals surface area contributed by atoms with Gasteiger partial charge in [-0.2, -0.15) is 0 Å². The van der Waals surface area contributed by atoms with Crippen LogP contribution in [0.1, 0.15) is 32.6 Å². The summed E-state index contributed by atoms with van der Waals surface area (Å²) < 4.78 is 0. The Morgan fingerprint density at radius 2 is 2.00 bits per heavy atom. The number of carbonyl (C=O) groups excluding carboxylic acids is 1. The summed E-state index contributed by atoms with van der Waals surface area (Å²) >= 11 is 0. The average Bonchev–Trinajstić information content (AvgIpc) is 2.99. The minimum absolute atomic E-state index is 0.225. The molecule has 0 unspecified atom stereocenters. The fraction of sp³-hybridized carbons (Fsp3) is 0.583. The van der Waals surface area contributed by atoms with Gasteiger partial charge in [0.15, 0.2) is 0 Å². The summed E-state index contributed by atoms with van der Waals surface area (Å²) in [4.78, 5) is 11.2. The van der Waals surface area contributed by atoms with E-state index >= 15 is 0 Å². The zero-order valence-corrected chi connectivity index (χ0v) is 8.83. The molecule has 1 rings (SSSR count). The van der Waals surface area contributed by atoms with Gasteiger partial charge in [-0.1, -0.05) is 24.3 Å². The van der Waals surface area contributed by atoms with Crippen LogP contribution >= 0.6 is 0 Å². The number of unbranched alkanes of at least 4 members (excludes halogenated alkanes) is 1. The second-order valence-corrected chi connectivity index (χ2v) is 3.64. The molecule has 1 fully saturated rings. The predicted molar refractivity (Wildman–Crippen MR) is 58.9 cm³/mol. The van der Waals surface area contributed by atoms with Crippen molar-refractivity contribution >= 4 is 5.91 Å². The first-order valence-electron chi connectivity index (χ1n) is 5.38. The fourth-order valence-corrected chi connectivity index (χ4v) is 1.21. The maximum Gasteiger partial charge on any atom is 0.223 e. The topological polar surface area (TPSA) is 29.1 Å². The van der Waals surface area contributed by atoms with Gasteiger partial charge in [-0.3, -0.25) is 4.79 Å². The van der Waals surface area contributed by atoms with E-state index in [1.165, 1.54) is 0 Å². The first-order valence-corrected chi connectivity index (χ1v) is 5.38. The van der Waals surface area contributed by atoms with Crippen molar-refractivity contribution in [3.63, 3.8) is 0 Å². The first kappa shape index (κ1) is 11.0. The number of allylic oxidation sites excluding steroid dienone is 3. The Balaban J connectivity index is 1.94. The van der Waals surface area contributed by atoms with Crippen LogP contribution in [0.5, 0.6) is 0 Å². The highest BCUT2D eigenvalue weighted by Crippen LogP contribution is 2.28. The SMILES string of the molecule is C/C=C\CC/C=C/CNC(=O)C1CC1. The molecule has 1 aliphatic carbocycles. The van der Waals surface area contributed by atoms with E-state index in [1.54, 1.807) is 0 Å². The molecule has 0 aliphatic heterocycles. The van der Waals surface area contributed by atoms with Crippen molar-refractivity contribution in [1.82, 2.24) is 5.32 Å². The third kappa shape index (κ3) is 4.85. The van der Waals surface area contributed by atoms with Crippen LogP contribution in [0, 0.1) is 5.92 Å². The number of hydrogen-bond donors (Lipinski definition) is 1.